The summed E-state index contributed by atoms with van der Waals surface area (Å²) in [7, 11) is 1.36. The molecule has 8 nitrogen and oxygen atoms in total. The lowest BCUT2D eigenvalue weighted by molar-refractivity contribution is -0.870. The highest BCUT2D eigenvalue weighted by atomic mass is 31.2. The summed E-state index contributed by atoms with van der Waals surface area (Å²) in [5.74, 6) is -0.333. The lowest BCUT2D eigenvalue weighted by Crippen LogP contribution is -2.37. The largest absolute Gasteiger partial charge is 0.756 e. The van der Waals surface area contributed by atoms with E-state index in [1.807, 2.05) is 21.1 Å². The van der Waals surface area contributed by atoms with Crippen LogP contribution in [0.25, 0.3) is 0 Å². The third-order valence-corrected chi connectivity index (χ3v) is 12.0. The van der Waals surface area contributed by atoms with Crippen LogP contribution in [0.15, 0.2) is 24.3 Å². The Kier molecular flexibility index (Phi) is 42.9. The zero-order valence-corrected chi connectivity index (χ0v) is 40.6. The molecule has 2 atom stereocenters. The summed E-state index contributed by atoms with van der Waals surface area (Å²) < 4.78 is 34.7. The van der Waals surface area contributed by atoms with Crippen molar-refractivity contribution in [3.63, 3.8) is 0 Å². The number of ether oxygens (including phenoxy) is 2. The summed E-state index contributed by atoms with van der Waals surface area (Å²) in [6.45, 7) is 5.39. The summed E-state index contributed by atoms with van der Waals surface area (Å²) in [5.41, 5.74) is 0. The van der Waals surface area contributed by atoms with Gasteiger partial charge in [0.05, 0.1) is 34.4 Å². The number of rotatable bonds is 47. The molecular formula is C50H98NO7P. The maximum Gasteiger partial charge on any atom is 0.306 e. The molecule has 0 heterocycles. The quantitative estimate of drug-likeness (QED) is 0.0198. The second kappa shape index (κ2) is 43.6. The van der Waals surface area contributed by atoms with Crippen molar-refractivity contribution in [2.24, 2.45) is 0 Å². The first-order chi connectivity index (χ1) is 28.6. The molecule has 0 aromatic heterocycles. The zero-order valence-electron chi connectivity index (χ0n) is 39.7. The Balaban J connectivity index is 4.10. The van der Waals surface area contributed by atoms with Gasteiger partial charge in [-0.15, -0.1) is 0 Å². The third kappa shape index (κ3) is 47.9. The molecule has 0 aromatic rings. The molecule has 0 saturated carbocycles. The van der Waals surface area contributed by atoms with Crippen LogP contribution in [0.5, 0.6) is 0 Å². The predicted octanol–water partition coefficient (Wildman–Crippen LogP) is 14.5. The fourth-order valence-electron chi connectivity index (χ4n) is 7.09. The highest BCUT2D eigenvalue weighted by Crippen LogP contribution is 2.38. The minimum Gasteiger partial charge on any atom is -0.756 e. The van der Waals surface area contributed by atoms with E-state index in [1.165, 1.54) is 161 Å². The van der Waals surface area contributed by atoms with Crippen molar-refractivity contribution in [2.45, 2.75) is 238 Å². The van der Waals surface area contributed by atoms with Gasteiger partial charge in [0, 0.05) is 13.0 Å². The van der Waals surface area contributed by atoms with E-state index in [1.54, 1.807) is 0 Å². The smallest absolute Gasteiger partial charge is 0.306 e. The predicted molar refractivity (Wildman–Crippen MR) is 250 cm³/mol. The Bertz CT molecular complexity index is 998. The molecule has 0 aliphatic heterocycles. The SMILES string of the molecule is CCCC/C=C\C/C=C\CCCCCCCCOCC(COP(=O)([O-])OCC[N+](C)(C)C)OC(=O)CCCCCCCCCCCCCCCCCCCCCCCC. The maximum atomic E-state index is 12.7. The molecule has 0 saturated heterocycles. The van der Waals surface area contributed by atoms with Gasteiger partial charge in [-0.05, 0) is 38.5 Å². The fourth-order valence-corrected chi connectivity index (χ4v) is 7.82. The number of nitrogens with zero attached hydrogens (tertiary/aromatic N) is 1. The average molecular weight is 856 g/mol. The molecule has 0 aromatic carbocycles. The van der Waals surface area contributed by atoms with Crippen LogP contribution in [0.4, 0.5) is 0 Å². The molecule has 0 aliphatic carbocycles. The topological polar surface area (TPSA) is 94.1 Å². The fraction of sp³-hybridized carbons (Fsp3) is 0.900. The Labute approximate surface area is 366 Å². The molecule has 9 heteroatoms. The summed E-state index contributed by atoms with van der Waals surface area (Å²) in [6, 6.07) is 0. The molecular weight excluding hydrogens is 758 g/mol. The van der Waals surface area contributed by atoms with Crippen LogP contribution < -0.4 is 4.89 Å². The van der Waals surface area contributed by atoms with E-state index in [-0.39, 0.29) is 25.8 Å². The van der Waals surface area contributed by atoms with Crippen LogP contribution in [0.2, 0.25) is 0 Å². The van der Waals surface area contributed by atoms with Crippen molar-refractivity contribution >= 4 is 13.8 Å². The van der Waals surface area contributed by atoms with E-state index in [4.69, 9.17) is 18.5 Å². The van der Waals surface area contributed by atoms with Crippen LogP contribution in [0, 0.1) is 0 Å². The van der Waals surface area contributed by atoms with Crippen LogP contribution >= 0.6 is 7.82 Å². The van der Waals surface area contributed by atoms with Crippen molar-refractivity contribution < 1.29 is 37.3 Å². The minimum atomic E-state index is -4.53. The van der Waals surface area contributed by atoms with Crippen molar-refractivity contribution in [3.8, 4) is 0 Å². The molecule has 0 fully saturated rings. The van der Waals surface area contributed by atoms with E-state index in [9.17, 15) is 14.3 Å². The Morgan fingerprint density at radius 1 is 0.525 bits per heavy atom. The van der Waals surface area contributed by atoms with Crippen molar-refractivity contribution in [1.29, 1.82) is 0 Å². The molecule has 0 N–H and O–H groups in total. The van der Waals surface area contributed by atoms with E-state index in [2.05, 4.69) is 38.2 Å². The number of hydrogen-bond acceptors (Lipinski definition) is 7. The number of carbonyl (C=O) groups excluding carboxylic acids is 1. The Morgan fingerprint density at radius 3 is 1.42 bits per heavy atom. The molecule has 0 aliphatic rings. The number of phosphoric ester groups is 1. The number of hydrogen-bond donors (Lipinski definition) is 0. The Hall–Kier alpha value is -1.02. The highest BCUT2D eigenvalue weighted by Gasteiger charge is 2.20. The van der Waals surface area contributed by atoms with Gasteiger partial charge in [-0.3, -0.25) is 9.36 Å². The molecule has 350 valence electrons. The molecule has 0 radical (unpaired) electrons. The monoisotopic (exact) mass is 856 g/mol. The highest BCUT2D eigenvalue weighted by molar-refractivity contribution is 7.45. The van der Waals surface area contributed by atoms with Crippen molar-refractivity contribution in [2.75, 3.05) is 54.1 Å². The second-order valence-corrected chi connectivity index (χ2v) is 19.6. The lowest BCUT2D eigenvalue weighted by Gasteiger charge is -2.28. The number of allylic oxidation sites excluding steroid dienone is 4. The van der Waals surface area contributed by atoms with Crippen LogP contribution in [0.1, 0.15) is 232 Å². The Morgan fingerprint density at radius 2 is 0.949 bits per heavy atom. The van der Waals surface area contributed by atoms with E-state index in [0.29, 0.717) is 24.1 Å². The first-order valence-electron chi connectivity index (χ1n) is 25.1. The van der Waals surface area contributed by atoms with Gasteiger partial charge in [-0.2, -0.15) is 0 Å². The van der Waals surface area contributed by atoms with E-state index >= 15 is 0 Å². The number of esters is 1. The lowest BCUT2D eigenvalue weighted by atomic mass is 10.0. The first-order valence-corrected chi connectivity index (χ1v) is 26.5. The summed E-state index contributed by atoms with van der Waals surface area (Å²) in [5, 5.41) is 0. The number of unbranched alkanes of at least 4 members (excludes halogenated alkanes) is 29. The second-order valence-electron chi connectivity index (χ2n) is 18.2. The molecule has 0 amide bonds. The van der Waals surface area contributed by atoms with Gasteiger partial charge in [0.25, 0.3) is 7.82 Å². The number of phosphoric acid groups is 1. The molecule has 0 rings (SSSR count). The normalized spacial score (nSPS) is 13.8. The van der Waals surface area contributed by atoms with Crippen LogP contribution in [-0.2, 0) is 27.9 Å². The van der Waals surface area contributed by atoms with Gasteiger partial charge < -0.3 is 27.9 Å². The van der Waals surface area contributed by atoms with Crippen LogP contribution in [0.3, 0.4) is 0 Å². The number of quaternary nitrogens is 1. The van der Waals surface area contributed by atoms with Crippen molar-refractivity contribution in [1.82, 2.24) is 0 Å². The summed E-state index contributed by atoms with van der Waals surface area (Å²) >= 11 is 0. The third-order valence-electron chi connectivity index (χ3n) is 11.0. The van der Waals surface area contributed by atoms with Gasteiger partial charge in [-0.25, -0.2) is 0 Å². The minimum absolute atomic E-state index is 0.0260. The van der Waals surface area contributed by atoms with Gasteiger partial charge in [0.15, 0.2) is 0 Å². The van der Waals surface area contributed by atoms with E-state index in [0.717, 1.165) is 51.4 Å². The van der Waals surface area contributed by atoms with Gasteiger partial charge in [0.1, 0.15) is 19.3 Å². The van der Waals surface area contributed by atoms with E-state index < -0.39 is 13.9 Å². The molecule has 59 heavy (non-hydrogen) atoms. The average Bonchev–Trinajstić information content (AvgIpc) is 3.19. The first kappa shape index (κ1) is 58.0. The van der Waals surface area contributed by atoms with Crippen molar-refractivity contribution in [3.05, 3.63) is 24.3 Å². The van der Waals surface area contributed by atoms with Gasteiger partial charge in [0.2, 0.25) is 0 Å². The maximum absolute atomic E-state index is 12.7. The zero-order chi connectivity index (χ0) is 43.4. The standard InChI is InChI=1S/C50H98NO7P/c1-6-8-10-12-14-16-18-20-22-23-24-25-26-27-28-29-31-33-35-37-39-41-43-50(52)58-49(48-57-59(53,54)56-46-44-51(3,4)5)47-55-45-42-40-38-36-34-32-30-21-19-17-15-13-11-9-7-2/h13,15,19,21,49H,6-12,14,16-18,20,22-48H2,1-5H3/b15-13-,21-19-. The summed E-state index contributed by atoms with van der Waals surface area (Å²) in [6.07, 6.45) is 50.6. The molecule has 0 bridgehead atoms. The van der Waals surface area contributed by atoms with Gasteiger partial charge in [-0.1, -0.05) is 212 Å². The molecule has 2 unspecified atom stereocenters. The summed E-state index contributed by atoms with van der Waals surface area (Å²) in [4.78, 5) is 25.1. The van der Waals surface area contributed by atoms with Crippen LogP contribution in [-0.4, -0.2) is 70.7 Å². The number of carbonyl (C=O) groups is 1. The number of likely N-dealkylation sites (N-methyl/N-ethyl adjacent to an activating group) is 1. The molecule has 0 spiro atoms. The van der Waals surface area contributed by atoms with Gasteiger partial charge >= 0.3 is 5.97 Å².